The molecule has 1 amide bonds. The summed E-state index contributed by atoms with van der Waals surface area (Å²) in [7, 11) is 1.63. The summed E-state index contributed by atoms with van der Waals surface area (Å²) in [6, 6.07) is 19.0. The lowest BCUT2D eigenvalue weighted by Gasteiger charge is -2.11. The van der Waals surface area contributed by atoms with Crippen LogP contribution in [-0.2, 0) is 6.54 Å². The molecule has 29 heavy (non-hydrogen) atoms. The normalized spacial score (nSPS) is 10.4. The summed E-state index contributed by atoms with van der Waals surface area (Å²) in [4.78, 5) is 21.8. The molecule has 0 spiro atoms. The van der Waals surface area contributed by atoms with Gasteiger partial charge in [0.1, 0.15) is 17.3 Å². The van der Waals surface area contributed by atoms with Crippen molar-refractivity contribution in [2.75, 3.05) is 19.0 Å². The van der Waals surface area contributed by atoms with Gasteiger partial charge in [-0.1, -0.05) is 55.8 Å². The zero-order valence-electron chi connectivity index (χ0n) is 16.8. The van der Waals surface area contributed by atoms with Gasteiger partial charge in [-0.05, 0) is 24.1 Å². The highest BCUT2D eigenvalue weighted by molar-refractivity contribution is 5.93. The van der Waals surface area contributed by atoms with Crippen molar-refractivity contribution in [2.45, 2.75) is 26.3 Å². The Hall–Kier alpha value is -3.41. The largest absolute Gasteiger partial charge is 0.497 e. The number of nitrogens with zero attached hydrogens (tertiary/aromatic N) is 2. The smallest absolute Gasteiger partial charge is 0.270 e. The van der Waals surface area contributed by atoms with E-state index in [4.69, 9.17) is 4.74 Å². The maximum atomic E-state index is 12.8. The molecule has 150 valence electrons. The number of anilines is 1. The Morgan fingerprint density at radius 1 is 1.03 bits per heavy atom. The molecule has 6 nitrogen and oxygen atoms in total. The lowest BCUT2D eigenvalue weighted by molar-refractivity contribution is 0.0946. The number of benzene rings is 2. The molecule has 0 radical (unpaired) electrons. The summed E-state index contributed by atoms with van der Waals surface area (Å²) in [6.07, 6.45) is 2.11. The summed E-state index contributed by atoms with van der Waals surface area (Å²) in [5.74, 6) is 1.73. The van der Waals surface area contributed by atoms with Crippen molar-refractivity contribution in [3.05, 3.63) is 71.9 Å². The fourth-order valence-corrected chi connectivity index (χ4v) is 2.78. The number of methoxy groups -OCH3 is 1. The fraction of sp³-hybridized carbons (Fsp3) is 0.261. The van der Waals surface area contributed by atoms with E-state index in [2.05, 4.69) is 27.5 Å². The lowest BCUT2D eigenvalue weighted by Crippen LogP contribution is -2.24. The highest BCUT2D eigenvalue weighted by Gasteiger charge is 2.13. The molecule has 0 aliphatic rings. The van der Waals surface area contributed by atoms with Crippen molar-refractivity contribution < 1.29 is 9.53 Å². The first-order chi connectivity index (χ1) is 14.2. The Labute approximate surface area is 171 Å². The number of carbonyl (C=O) groups is 1. The van der Waals surface area contributed by atoms with Crippen LogP contribution in [0, 0.1) is 0 Å². The van der Waals surface area contributed by atoms with Crippen LogP contribution in [0.25, 0.3) is 11.4 Å². The Kier molecular flexibility index (Phi) is 7.16. The highest BCUT2D eigenvalue weighted by atomic mass is 16.5. The molecule has 0 aliphatic heterocycles. The Bertz CT molecular complexity index is 927. The van der Waals surface area contributed by atoms with Gasteiger partial charge in [-0.25, -0.2) is 9.97 Å². The van der Waals surface area contributed by atoms with Crippen molar-refractivity contribution >= 4 is 11.7 Å². The van der Waals surface area contributed by atoms with E-state index in [1.165, 1.54) is 0 Å². The molecule has 0 fully saturated rings. The van der Waals surface area contributed by atoms with Crippen molar-refractivity contribution in [3.8, 4) is 17.1 Å². The summed E-state index contributed by atoms with van der Waals surface area (Å²) in [5, 5.41) is 6.22. The molecule has 0 bridgehead atoms. The number of nitrogens with one attached hydrogen (secondary N) is 2. The number of unbranched alkanes of at least 4 members (excludes halogenated alkanes) is 1. The summed E-state index contributed by atoms with van der Waals surface area (Å²) >= 11 is 0. The van der Waals surface area contributed by atoms with Crippen LogP contribution in [0.1, 0.15) is 35.8 Å². The van der Waals surface area contributed by atoms with Crippen molar-refractivity contribution in [3.63, 3.8) is 0 Å². The van der Waals surface area contributed by atoms with Gasteiger partial charge in [-0.3, -0.25) is 4.79 Å². The van der Waals surface area contributed by atoms with E-state index < -0.39 is 0 Å². The second-order valence-electron chi connectivity index (χ2n) is 6.64. The maximum Gasteiger partial charge on any atom is 0.270 e. The van der Waals surface area contributed by atoms with E-state index in [1.54, 1.807) is 13.2 Å². The predicted molar refractivity (Wildman–Crippen MR) is 115 cm³/mol. The third-order valence-electron chi connectivity index (χ3n) is 4.44. The maximum absolute atomic E-state index is 12.8. The van der Waals surface area contributed by atoms with E-state index in [0.717, 1.165) is 36.3 Å². The van der Waals surface area contributed by atoms with Crippen molar-refractivity contribution in [2.24, 2.45) is 0 Å². The fourth-order valence-electron chi connectivity index (χ4n) is 2.78. The monoisotopic (exact) mass is 390 g/mol. The van der Waals surface area contributed by atoms with Gasteiger partial charge < -0.3 is 15.4 Å². The zero-order valence-corrected chi connectivity index (χ0v) is 16.8. The predicted octanol–water partition coefficient (Wildman–Crippen LogP) is 4.29. The molecule has 0 saturated heterocycles. The highest BCUT2D eigenvalue weighted by Crippen LogP contribution is 2.18. The minimum atomic E-state index is -0.237. The Morgan fingerprint density at radius 3 is 2.48 bits per heavy atom. The van der Waals surface area contributed by atoms with Gasteiger partial charge in [0.25, 0.3) is 5.91 Å². The summed E-state index contributed by atoms with van der Waals surface area (Å²) in [5.41, 5.74) is 2.19. The van der Waals surface area contributed by atoms with E-state index >= 15 is 0 Å². The molecule has 0 unspecified atom stereocenters. The second-order valence-corrected chi connectivity index (χ2v) is 6.64. The van der Waals surface area contributed by atoms with Crippen LogP contribution in [0.3, 0.4) is 0 Å². The molecular formula is C23H26N4O2. The van der Waals surface area contributed by atoms with Gasteiger partial charge in [0, 0.05) is 24.7 Å². The first kappa shape index (κ1) is 20.3. The SMILES string of the molecule is CCCCNc1cc(C(=O)NCc2ccc(OC)cc2)nc(-c2ccccc2)n1. The minimum absolute atomic E-state index is 0.237. The second kappa shape index (κ2) is 10.2. The number of ether oxygens (including phenoxy) is 1. The molecule has 3 rings (SSSR count). The molecule has 0 aliphatic carbocycles. The minimum Gasteiger partial charge on any atom is -0.497 e. The average Bonchev–Trinajstić information content (AvgIpc) is 2.78. The van der Waals surface area contributed by atoms with Gasteiger partial charge >= 0.3 is 0 Å². The molecule has 0 saturated carbocycles. The van der Waals surface area contributed by atoms with Crippen LogP contribution in [0.5, 0.6) is 5.75 Å². The van der Waals surface area contributed by atoms with Gasteiger partial charge in [-0.2, -0.15) is 0 Å². The number of carbonyl (C=O) groups excluding carboxylic acids is 1. The quantitative estimate of drug-likeness (QED) is 0.533. The lowest BCUT2D eigenvalue weighted by atomic mass is 10.2. The Balaban J connectivity index is 1.77. The van der Waals surface area contributed by atoms with Gasteiger partial charge in [0.2, 0.25) is 0 Å². The van der Waals surface area contributed by atoms with E-state index in [9.17, 15) is 4.79 Å². The third kappa shape index (κ3) is 5.78. The summed E-state index contributed by atoms with van der Waals surface area (Å²) < 4.78 is 5.16. The van der Waals surface area contributed by atoms with Crippen molar-refractivity contribution in [1.82, 2.24) is 15.3 Å². The van der Waals surface area contributed by atoms with Crippen LogP contribution < -0.4 is 15.4 Å². The first-order valence-electron chi connectivity index (χ1n) is 9.79. The van der Waals surface area contributed by atoms with Gasteiger partial charge in [-0.15, -0.1) is 0 Å². The first-order valence-corrected chi connectivity index (χ1v) is 9.79. The third-order valence-corrected chi connectivity index (χ3v) is 4.44. The Morgan fingerprint density at radius 2 is 1.79 bits per heavy atom. The topological polar surface area (TPSA) is 76.1 Å². The van der Waals surface area contributed by atoms with Crippen LogP contribution in [0.2, 0.25) is 0 Å². The van der Waals surface area contributed by atoms with E-state index in [0.29, 0.717) is 23.9 Å². The molecule has 3 aromatic rings. The van der Waals surface area contributed by atoms with Gasteiger partial charge in [0.15, 0.2) is 5.82 Å². The molecule has 1 aromatic heterocycles. The average molecular weight is 390 g/mol. The van der Waals surface area contributed by atoms with E-state index in [1.807, 2.05) is 54.6 Å². The number of amides is 1. The number of hydrogen-bond donors (Lipinski definition) is 2. The number of rotatable bonds is 9. The molecule has 2 aromatic carbocycles. The van der Waals surface area contributed by atoms with Gasteiger partial charge in [0.05, 0.1) is 7.11 Å². The zero-order chi connectivity index (χ0) is 20.5. The van der Waals surface area contributed by atoms with Crippen LogP contribution in [0.4, 0.5) is 5.82 Å². The van der Waals surface area contributed by atoms with Crippen LogP contribution in [0.15, 0.2) is 60.7 Å². The van der Waals surface area contributed by atoms with E-state index in [-0.39, 0.29) is 5.91 Å². The molecule has 1 heterocycles. The molecular weight excluding hydrogens is 364 g/mol. The molecule has 2 N–H and O–H groups in total. The van der Waals surface area contributed by atoms with Crippen LogP contribution >= 0.6 is 0 Å². The van der Waals surface area contributed by atoms with Crippen LogP contribution in [-0.4, -0.2) is 29.5 Å². The number of hydrogen-bond acceptors (Lipinski definition) is 5. The summed E-state index contributed by atoms with van der Waals surface area (Å²) in [6.45, 7) is 3.34. The molecule has 6 heteroatoms. The number of aromatic nitrogens is 2. The molecule has 0 atom stereocenters. The van der Waals surface area contributed by atoms with Crippen molar-refractivity contribution in [1.29, 1.82) is 0 Å². The standard InChI is InChI=1S/C23H26N4O2/c1-3-4-14-24-21-15-20(26-22(27-21)18-8-6-5-7-9-18)23(28)25-16-17-10-12-19(29-2)13-11-17/h5-13,15H,3-4,14,16H2,1-2H3,(H,25,28)(H,24,26,27).